The summed E-state index contributed by atoms with van der Waals surface area (Å²) < 4.78 is -1.23. The molecule has 0 saturated carbocycles. The second kappa shape index (κ2) is 5.70. The monoisotopic (exact) mass is 327 g/mol. The molecular weight excluding hydrogens is 310 g/mol. The molecular formula is C17H17N3O2S. The second-order valence-corrected chi connectivity index (χ2v) is 7.10. The highest BCUT2D eigenvalue weighted by Crippen LogP contribution is 2.45. The van der Waals surface area contributed by atoms with Gasteiger partial charge in [-0.05, 0) is 43.7 Å². The van der Waals surface area contributed by atoms with Gasteiger partial charge in [-0.3, -0.25) is 9.59 Å². The van der Waals surface area contributed by atoms with Gasteiger partial charge in [-0.15, -0.1) is 0 Å². The van der Waals surface area contributed by atoms with E-state index in [0.29, 0.717) is 5.82 Å². The average molecular weight is 327 g/mol. The molecule has 1 N–H and O–H groups in total. The van der Waals surface area contributed by atoms with Crippen molar-refractivity contribution in [2.24, 2.45) is 0 Å². The van der Waals surface area contributed by atoms with Gasteiger partial charge in [0, 0.05) is 18.1 Å². The van der Waals surface area contributed by atoms with Gasteiger partial charge in [0.2, 0.25) is 0 Å². The van der Waals surface area contributed by atoms with E-state index in [4.69, 9.17) is 0 Å². The van der Waals surface area contributed by atoms with E-state index in [1.54, 1.807) is 26.2 Å². The summed E-state index contributed by atoms with van der Waals surface area (Å²) in [6.45, 7) is 3.57. The Kier molecular flexibility index (Phi) is 3.85. The lowest BCUT2D eigenvalue weighted by Crippen LogP contribution is -2.53. The number of hydrogen-bond acceptors (Lipinski definition) is 4. The molecule has 6 heteroatoms. The predicted molar refractivity (Wildman–Crippen MR) is 91.7 cm³/mol. The number of nitrogens with one attached hydrogen (secondary N) is 1. The van der Waals surface area contributed by atoms with Crippen LogP contribution in [0.3, 0.4) is 0 Å². The topological polar surface area (TPSA) is 62.3 Å². The van der Waals surface area contributed by atoms with Crippen molar-refractivity contribution >= 4 is 35.1 Å². The first-order chi connectivity index (χ1) is 10.9. The van der Waals surface area contributed by atoms with Gasteiger partial charge in [0.1, 0.15) is 5.82 Å². The SMILES string of the molecule is Cc1ccnc(NC(=O)C2(C)Sc3ccccc3N(C)C2=O)c1. The number of carbonyl (C=O) groups excluding carboxylic acids is 2. The number of hydrogen-bond donors (Lipinski definition) is 1. The van der Waals surface area contributed by atoms with Crippen LogP contribution >= 0.6 is 11.8 Å². The summed E-state index contributed by atoms with van der Waals surface area (Å²) in [6.07, 6.45) is 1.63. The first kappa shape index (κ1) is 15.6. The van der Waals surface area contributed by atoms with E-state index in [1.165, 1.54) is 16.7 Å². The van der Waals surface area contributed by atoms with E-state index in [9.17, 15) is 9.59 Å². The van der Waals surface area contributed by atoms with Gasteiger partial charge in [-0.1, -0.05) is 23.9 Å². The number of amides is 2. The lowest BCUT2D eigenvalue weighted by molar-refractivity contribution is -0.128. The molecule has 0 saturated heterocycles. The average Bonchev–Trinajstić information content (AvgIpc) is 2.53. The molecule has 1 unspecified atom stereocenters. The molecule has 0 bridgehead atoms. The van der Waals surface area contributed by atoms with Crippen molar-refractivity contribution in [3.63, 3.8) is 0 Å². The zero-order chi connectivity index (χ0) is 16.6. The van der Waals surface area contributed by atoms with Gasteiger partial charge in [0.15, 0.2) is 4.75 Å². The summed E-state index contributed by atoms with van der Waals surface area (Å²) in [7, 11) is 1.69. The smallest absolute Gasteiger partial charge is 0.252 e. The minimum Gasteiger partial charge on any atom is -0.313 e. The fourth-order valence-electron chi connectivity index (χ4n) is 2.50. The standard InChI is InChI=1S/C17H17N3O2S/c1-11-8-9-18-14(10-11)19-15(21)17(2)16(22)20(3)12-6-4-5-7-13(12)23-17/h4-10H,1-3H3,(H,18,19,21). The maximum atomic E-state index is 12.7. The number of benzene rings is 1. The Labute approximate surface area is 139 Å². The summed E-state index contributed by atoms with van der Waals surface area (Å²) in [5, 5.41) is 2.76. The molecule has 1 aromatic carbocycles. The van der Waals surface area contributed by atoms with E-state index in [0.717, 1.165) is 16.1 Å². The summed E-state index contributed by atoms with van der Waals surface area (Å²) in [5.74, 6) is -0.163. The number of aryl methyl sites for hydroxylation is 1. The quantitative estimate of drug-likeness (QED) is 0.862. The molecule has 2 heterocycles. The molecule has 1 atom stereocenters. The Bertz CT molecular complexity index is 793. The number of fused-ring (bicyclic) bond motifs is 1. The Hall–Kier alpha value is -2.34. The van der Waals surface area contributed by atoms with Crippen molar-refractivity contribution in [1.82, 2.24) is 4.98 Å². The fourth-order valence-corrected chi connectivity index (χ4v) is 3.76. The van der Waals surface area contributed by atoms with Crippen molar-refractivity contribution < 1.29 is 9.59 Å². The van der Waals surface area contributed by atoms with Crippen LogP contribution in [-0.4, -0.2) is 28.6 Å². The highest BCUT2D eigenvalue weighted by molar-refractivity contribution is 8.02. The third-order valence-electron chi connectivity index (χ3n) is 3.84. The highest BCUT2D eigenvalue weighted by atomic mass is 32.2. The molecule has 0 radical (unpaired) electrons. The summed E-state index contributed by atoms with van der Waals surface area (Å²) in [6, 6.07) is 11.2. The van der Waals surface area contributed by atoms with Gasteiger partial charge < -0.3 is 10.2 Å². The zero-order valence-electron chi connectivity index (χ0n) is 13.2. The van der Waals surface area contributed by atoms with Gasteiger partial charge in [0.25, 0.3) is 11.8 Å². The van der Waals surface area contributed by atoms with Crippen molar-refractivity contribution in [2.45, 2.75) is 23.5 Å². The number of rotatable bonds is 2. The number of thioether (sulfide) groups is 1. The minimum atomic E-state index is -1.23. The fraction of sp³-hybridized carbons (Fsp3) is 0.235. The lowest BCUT2D eigenvalue weighted by Gasteiger charge is -2.36. The van der Waals surface area contributed by atoms with Crippen LogP contribution < -0.4 is 10.2 Å². The van der Waals surface area contributed by atoms with Crippen LogP contribution in [0.2, 0.25) is 0 Å². The van der Waals surface area contributed by atoms with Gasteiger partial charge in [0.05, 0.1) is 5.69 Å². The van der Waals surface area contributed by atoms with E-state index in [2.05, 4.69) is 10.3 Å². The number of para-hydroxylation sites is 1. The van der Waals surface area contributed by atoms with Crippen LogP contribution in [0.25, 0.3) is 0 Å². The molecule has 0 fully saturated rings. The Morgan fingerprint density at radius 3 is 2.78 bits per heavy atom. The van der Waals surface area contributed by atoms with Crippen LogP contribution in [-0.2, 0) is 9.59 Å². The number of nitrogens with zero attached hydrogens (tertiary/aromatic N) is 2. The van der Waals surface area contributed by atoms with Crippen molar-refractivity contribution in [3.05, 3.63) is 48.2 Å². The summed E-state index contributed by atoms with van der Waals surface area (Å²) in [4.78, 5) is 32.1. The third kappa shape index (κ3) is 2.70. The van der Waals surface area contributed by atoms with Crippen LogP contribution in [0.4, 0.5) is 11.5 Å². The van der Waals surface area contributed by atoms with E-state index < -0.39 is 4.75 Å². The molecule has 0 spiro atoms. The van der Waals surface area contributed by atoms with Crippen LogP contribution in [0.5, 0.6) is 0 Å². The lowest BCUT2D eigenvalue weighted by atomic mass is 10.1. The number of carbonyl (C=O) groups is 2. The van der Waals surface area contributed by atoms with Crippen LogP contribution in [0, 0.1) is 6.92 Å². The van der Waals surface area contributed by atoms with E-state index >= 15 is 0 Å². The Morgan fingerprint density at radius 1 is 1.30 bits per heavy atom. The predicted octanol–water partition coefficient (Wildman–Crippen LogP) is 2.86. The first-order valence-electron chi connectivity index (χ1n) is 7.22. The molecule has 5 nitrogen and oxygen atoms in total. The zero-order valence-corrected chi connectivity index (χ0v) is 14.0. The minimum absolute atomic E-state index is 0.244. The molecule has 1 aliphatic rings. The van der Waals surface area contributed by atoms with E-state index in [-0.39, 0.29) is 11.8 Å². The molecule has 0 aliphatic carbocycles. The molecule has 1 aromatic heterocycles. The summed E-state index contributed by atoms with van der Waals surface area (Å²) in [5.41, 5.74) is 1.81. The first-order valence-corrected chi connectivity index (χ1v) is 8.04. The van der Waals surface area contributed by atoms with Crippen molar-refractivity contribution in [2.75, 3.05) is 17.3 Å². The summed E-state index contributed by atoms with van der Waals surface area (Å²) >= 11 is 1.27. The maximum Gasteiger partial charge on any atom is 0.252 e. The second-order valence-electron chi connectivity index (χ2n) is 5.64. The van der Waals surface area contributed by atoms with Crippen molar-refractivity contribution in [1.29, 1.82) is 0 Å². The molecule has 118 valence electrons. The van der Waals surface area contributed by atoms with Gasteiger partial charge in [-0.25, -0.2) is 4.98 Å². The normalized spacial score (nSPS) is 20.1. The third-order valence-corrected chi connectivity index (χ3v) is 5.18. The van der Waals surface area contributed by atoms with Gasteiger partial charge >= 0.3 is 0 Å². The van der Waals surface area contributed by atoms with Gasteiger partial charge in [-0.2, -0.15) is 0 Å². The number of aromatic nitrogens is 1. The maximum absolute atomic E-state index is 12.7. The largest absolute Gasteiger partial charge is 0.313 e. The van der Waals surface area contributed by atoms with Crippen LogP contribution in [0.15, 0.2) is 47.5 Å². The molecule has 23 heavy (non-hydrogen) atoms. The molecule has 1 aliphatic heterocycles. The molecule has 2 amide bonds. The van der Waals surface area contributed by atoms with Crippen LogP contribution in [0.1, 0.15) is 12.5 Å². The highest BCUT2D eigenvalue weighted by Gasteiger charge is 2.48. The van der Waals surface area contributed by atoms with Crippen molar-refractivity contribution in [3.8, 4) is 0 Å². The number of anilines is 2. The Balaban J connectivity index is 1.92. The van der Waals surface area contributed by atoms with E-state index in [1.807, 2.05) is 37.3 Å². The molecule has 3 rings (SSSR count). The molecule has 2 aromatic rings. The Morgan fingerprint density at radius 2 is 2.04 bits per heavy atom. The number of pyridine rings is 1.